The lowest BCUT2D eigenvalue weighted by Gasteiger charge is -2.33. The summed E-state index contributed by atoms with van der Waals surface area (Å²) in [7, 11) is 0. The van der Waals surface area contributed by atoms with E-state index in [0.717, 1.165) is 36.3 Å². The lowest BCUT2D eigenvalue weighted by atomic mass is 9.87. The van der Waals surface area contributed by atoms with Gasteiger partial charge in [0, 0.05) is 6.42 Å². The van der Waals surface area contributed by atoms with Crippen LogP contribution in [-0.2, 0) is 13.0 Å². The zero-order valence-electron chi connectivity index (χ0n) is 11.4. The lowest BCUT2D eigenvalue weighted by Crippen LogP contribution is -2.34. The third-order valence-electron chi connectivity index (χ3n) is 4.02. The van der Waals surface area contributed by atoms with Crippen LogP contribution in [0.25, 0.3) is 0 Å². The van der Waals surface area contributed by atoms with Crippen molar-refractivity contribution in [2.75, 3.05) is 13.1 Å². The van der Waals surface area contributed by atoms with Crippen LogP contribution < -0.4 is 0 Å². The third-order valence-corrected chi connectivity index (χ3v) is 4.02. The number of aryl methyl sites for hydroxylation is 1. The van der Waals surface area contributed by atoms with Crippen LogP contribution in [0.15, 0.2) is 16.5 Å². The summed E-state index contributed by atoms with van der Waals surface area (Å²) in [6, 6.07) is 4.24. The van der Waals surface area contributed by atoms with Crippen LogP contribution >= 0.6 is 0 Å². The van der Waals surface area contributed by atoms with E-state index in [9.17, 15) is 0 Å². The minimum absolute atomic E-state index is 0.840. The highest BCUT2D eigenvalue weighted by Crippen LogP contribution is 2.25. The maximum atomic E-state index is 5.77. The average Bonchev–Trinajstić information content (AvgIpc) is 2.77. The summed E-state index contributed by atoms with van der Waals surface area (Å²) < 4.78 is 5.77. The Bertz CT molecular complexity index is 334. The molecule has 96 valence electrons. The number of hydrogen-bond donors (Lipinski definition) is 0. The molecule has 0 bridgehead atoms. The maximum absolute atomic E-state index is 5.77. The van der Waals surface area contributed by atoms with Gasteiger partial charge in [0.15, 0.2) is 0 Å². The highest BCUT2D eigenvalue weighted by atomic mass is 16.3. The fraction of sp³-hybridized carbons (Fsp3) is 0.733. The Hall–Kier alpha value is -0.760. The van der Waals surface area contributed by atoms with Gasteiger partial charge in [0.25, 0.3) is 0 Å². The van der Waals surface area contributed by atoms with E-state index in [1.54, 1.807) is 0 Å². The quantitative estimate of drug-likeness (QED) is 0.791. The number of piperidine rings is 1. The van der Waals surface area contributed by atoms with Gasteiger partial charge >= 0.3 is 0 Å². The van der Waals surface area contributed by atoms with E-state index in [1.165, 1.54) is 25.9 Å². The van der Waals surface area contributed by atoms with Crippen LogP contribution in [0.3, 0.4) is 0 Å². The number of nitrogens with zero attached hydrogens (tertiary/aromatic N) is 1. The molecule has 0 atom stereocenters. The molecule has 0 N–H and O–H groups in total. The SMILES string of the molecule is CCc1ccc(CN2CCC(C(C)C)CC2)o1. The predicted molar refractivity (Wildman–Crippen MR) is 70.9 cm³/mol. The van der Waals surface area contributed by atoms with E-state index < -0.39 is 0 Å². The van der Waals surface area contributed by atoms with Crippen molar-refractivity contribution in [3.63, 3.8) is 0 Å². The van der Waals surface area contributed by atoms with Crippen LogP contribution in [-0.4, -0.2) is 18.0 Å². The number of rotatable bonds is 4. The number of likely N-dealkylation sites (tertiary alicyclic amines) is 1. The van der Waals surface area contributed by atoms with Crippen molar-refractivity contribution in [1.29, 1.82) is 0 Å². The Kier molecular flexibility index (Phi) is 4.27. The van der Waals surface area contributed by atoms with Gasteiger partial charge in [0.1, 0.15) is 11.5 Å². The molecule has 1 aliphatic heterocycles. The van der Waals surface area contributed by atoms with Gasteiger partial charge in [-0.05, 0) is 49.9 Å². The topological polar surface area (TPSA) is 16.4 Å². The Labute approximate surface area is 105 Å². The smallest absolute Gasteiger partial charge is 0.118 e. The molecule has 0 amide bonds. The molecule has 0 saturated carbocycles. The molecular weight excluding hydrogens is 210 g/mol. The first-order valence-corrected chi connectivity index (χ1v) is 6.99. The van der Waals surface area contributed by atoms with Gasteiger partial charge in [-0.15, -0.1) is 0 Å². The van der Waals surface area contributed by atoms with E-state index in [1.807, 2.05) is 0 Å². The Balaban J connectivity index is 1.81. The second-order valence-electron chi connectivity index (χ2n) is 5.58. The Morgan fingerprint density at radius 2 is 1.88 bits per heavy atom. The van der Waals surface area contributed by atoms with Crippen molar-refractivity contribution in [2.45, 2.75) is 46.6 Å². The number of hydrogen-bond acceptors (Lipinski definition) is 2. The van der Waals surface area contributed by atoms with Gasteiger partial charge in [-0.1, -0.05) is 20.8 Å². The Morgan fingerprint density at radius 3 is 2.41 bits per heavy atom. The molecule has 2 nitrogen and oxygen atoms in total. The van der Waals surface area contributed by atoms with Crippen molar-refractivity contribution < 1.29 is 4.42 Å². The molecule has 17 heavy (non-hydrogen) atoms. The molecule has 0 spiro atoms. The summed E-state index contributed by atoms with van der Waals surface area (Å²) >= 11 is 0. The van der Waals surface area contributed by atoms with E-state index in [4.69, 9.17) is 4.42 Å². The van der Waals surface area contributed by atoms with Gasteiger partial charge in [-0.3, -0.25) is 4.90 Å². The van der Waals surface area contributed by atoms with Crippen LogP contribution in [0.2, 0.25) is 0 Å². The summed E-state index contributed by atoms with van der Waals surface area (Å²) in [5, 5.41) is 0. The molecule has 1 saturated heterocycles. The zero-order valence-corrected chi connectivity index (χ0v) is 11.4. The monoisotopic (exact) mass is 235 g/mol. The van der Waals surface area contributed by atoms with Crippen molar-refractivity contribution in [1.82, 2.24) is 4.90 Å². The second-order valence-corrected chi connectivity index (χ2v) is 5.58. The second kappa shape index (κ2) is 5.72. The van der Waals surface area contributed by atoms with Crippen LogP contribution in [0.4, 0.5) is 0 Å². The van der Waals surface area contributed by atoms with Crippen LogP contribution in [0.1, 0.15) is 45.1 Å². The summed E-state index contributed by atoms with van der Waals surface area (Å²) in [6.45, 7) is 10.3. The zero-order chi connectivity index (χ0) is 12.3. The van der Waals surface area contributed by atoms with Crippen molar-refractivity contribution in [2.24, 2.45) is 11.8 Å². The van der Waals surface area contributed by atoms with E-state index in [-0.39, 0.29) is 0 Å². The minimum Gasteiger partial charge on any atom is -0.465 e. The predicted octanol–water partition coefficient (Wildman–Crippen LogP) is 3.71. The largest absolute Gasteiger partial charge is 0.465 e. The van der Waals surface area contributed by atoms with E-state index in [0.29, 0.717) is 0 Å². The van der Waals surface area contributed by atoms with Crippen LogP contribution in [0.5, 0.6) is 0 Å². The fourth-order valence-corrected chi connectivity index (χ4v) is 2.70. The highest BCUT2D eigenvalue weighted by molar-refractivity contribution is 5.07. The molecule has 1 aromatic rings. The maximum Gasteiger partial charge on any atom is 0.118 e. The Morgan fingerprint density at radius 1 is 1.24 bits per heavy atom. The molecule has 1 fully saturated rings. The average molecular weight is 235 g/mol. The van der Waals surface area contributed by atoms with Gasteiger partial charge in [-0.25, -0.2) is 0 Å². The van der Waals surface area contributed by atoms with Crippen molar-refractivity contribution >= 4 is 0 Å². The summed E-state index contributed by atoms with van der Waals surface area (Å²) in [6.07, 6.45) is 3.69. The van der Waals surface area contributed by atoms with E-state index >= 15 is 0 Å². The number of furan rings is 1. The normalized spacial score (nSPS) is 19.1. The summed E-state index contributed by atoms with van der Waals surface area (Å²) in [5.41, 5.74) is 0. The molecule has 0 aromatic carbocycles. The van der Waals surface area contributed by atoms with Crippen molar-refractivity contribution in [3.8, 4) is 0 Å². The lowest BCUT2D eigenvalue weighted by molar-refractivity contribution is 0.143. The molecule has 2 heterocycles. The minimum atomic E-state index is 0.840. The molecule has 0 aliphatic carbocycles. The van der Waals surface area contributed by atoms with Gasteiger partial charge < -0.3 is 4.42 Å². The fourth-order valence-electron chi connectivity index (χ4n) is 2.70. The summed E-state index contributed by atoms with van der Waals surface area (Å²) in [4.78, 5) is 2.52. The first kappa shape index (κ1) is 12.7. The standard InChI is InChI=1S/C15H25NO/c1-4-14-5-6-15(17-14)11-16-9-7-13(8-10-16)12(2)3/h5-6,12-13H,4,7-11H2,1-3H3. The molecule has 0 radical (unpaired) electrons. The summed E-state index contributed by atoms with van der Waals surface area (Å²) in [5.74, 6) is 4.00. The third kappa shape index (κ3) is 3.35. The molecule has 0 unspecified atom stereocenters. The first-order chi connectivity index (χ1) is 8.19. The molecule has 1 aliphatic rings. The van der Waals surface area contributed by atoms with E-state index in [2.05, 4.69) is 37.8 Å². The van der Waals surface area contributed by atoms with Crippen molar-refractivity contribution in [3.05, 3.63) is 23.7 Å². The molecular formula is C15H25NO. The first-order valence-electron chi connectivity index (χ1n) is 6.99. The van der Waals surface area contributed by atoms with Crippen LogP contribution in [0, 0.1) is 11.8 Å². The van der Waals surface area contributed by atoms with Gasteiger partial charge in [0.2, 0.25) is 0 Å². The molecule has 2 rings (SSSR count). The van der Waals surface area contributed by atoms with Gasteiger partial charge in [0.05, 0.1) is 6.54 Å². The molecule has 1 aromatic heterocycles. The van der Waals surface area contributed by atoms with Gasteiger partial charge in [-0.2, -0.15) is 0 Å². The molecule has 2 heteroatoms. The highest BCUT2D eigenvalue weighted by Gasteiger charge is 2.21.